The Labute approximate surface area is 185 Å². The van der Waals surface area contributed by atoms with Crippen LogP contribution in [-0.2, 0) is 27.0 Å². The number of rotatable bonds is 12. The summed E-state index contributed by atoms with van der Waals surface area (Å²) in [4.78, 5) is 12.1. The molecule has 0 spiro atoms. The summed E-state index contributed by atoms with van der Waals surface area (Å²) in [5.74, 6) is 1.73. The molecule has 0 bridgehead atoms. The van der Waals surface area contributed by atoms with Gasteiger partial charge in [0.15, 0.2) is 0 Å². The Hall–Kier alpha value is -1.99. The Bertz CT molecular complexity index is 912. The van der Waals surface area contributed by atoms with Gasteiger partial charge in [0.05, 0.1) is 11.9 Å². The highest BCUT2D eigenvalue weighted by Crippen LogP contribution is 2.19. The summed E-state index contributed by atoms with van der Waals surface area (Å²) in [6.45, 7) is 5.05. The average Bonchev–Trinajstić information content (AvgIpc) is 2.70. The lowest BCUT2D eigenvalue weighted by Crippen LogP contribution is -2.32. The van der Waals surface area contributed by atoms with Gasteiger partial charge in [-0.25, -0.2) is 8.42 Å². The van der Waals surface area contributed by atoms with E-state index in [1.807, 2.05) is 24.3 Å². The van der Waals surface area contributed by atoms with E-state index in [0.717, 1.165) is 23.5 Å². The number of hydrogen-bond acceptors (Lipinski definition) is 4. The van der Waals surface area contributed by atoms with Crippen molar-refractivity contribution in [2.45, 2.75) is 38.9 Å². The van der Waals surface area contributed by atoms with E-state index in [0.29, 0.717) is 31.6 Å². The van der Waals surface area contributed by atoms with Gasteiger partial charge in [0.25, 0.3) is 0 Å². The third-order valence-corrected chi connectivity index (χ3v) is 6.94. The first-order valence-corrected chi connectivity index (χ1v) is 13.3. The molecule has 2 aromatic rings. The molecule has 30 heavy (non-hydrogen) atoms. The number of aryl methyl sites for hydroxylation is 2. The molecule has 0 fully saturated rings. The zero-order chi connectivity index (χ0) is 22.0. The van der Waals surface area contributed by atoms with Crippen LogP contribution in [0.5, 0.6) is 0 Å². The fourth-order valence-corrected chi connectivity index (χ4v) is 4.88. The molecule has 0 saturated carbocycles. The predicted molar refractivity (Wildman–Crippen MR) is 128 cm³/mol. The second kappa shape index (κ2) is 12.0. The van der Waals surface area contributed by atoms with E-state index >= 15 is 0 Å². The zero-order valence-electron chi connectivity index (χ0n) is 18.1. The van der Waals surface area contributed by atoms with Gasteiger partial charge in [-0.05, 0) is 43.0 Å². The van der Waals surface area contributed by atoms with E-state index in [9.17, 15) is 13.2 Å². The van der Waals surface area contributed by atoms with Gasteiger partial charge in [0.2, 0.25) is 15.9 Å². The lowest BCUT2D eigenvalue weighted by molar-refractivity contribution is -0.121. The predicted octanol–water partition coefficient (Wildman–Crippen LogP) is 4.15. The molecule has 0 aliphatic carbocycles. The summed E-state index contributed by atoms with van der Waals surface area (Å²) >= 11 is 1.79. The van der Waals surface area contributed by atoms with E-state index in [2.05, 4.69) is 43.4 Å². The summed E-state index contributed by atoms with van der Waals surface area (Å²) in [5.41, 5.74) is 4.35. The summed E-state index contributed by atoms with van der Waals surface area (Å²) in [6, 6.07) is 16.0. The number of amides is 1. The Morgan fingerprint density at radius 2 is 1.83 bits per heavy atom. The molecule has 0 aromatic heterocycles. The average molecular weight is 449 g/mol. The zero-order valence-corrected chi connectivity index (χ0v) is 19.7. The largest absolute Gasteiger partial charge is 0.355 e. The van der Waals surface area contributed by atoms with Crippen molar-refractivity contribution in [3.8, 4) is 0 Å². The van der Waals surface area contributed by atoms with E-state index in [4.69, 9.17) is 0 Å². The van der Waals surface area contributed by atoms with Gasteiger partial charge in [-0.1, -0.05) is 48.9 Å². The molecule has 0 radical (unpaired) electrons. The number of hydrogen-bond donors (Lipinski definition) is 1. The first-order valence-electron chi connectivity index (χ1n) is 10.3. The van der Waals surface area contributed by atoms with Crippen molar-refractivity contribution in [2.75, 3.05) is 29.4 Å². The van der Waals surface area contributed by atoms with E-state index in [1.54, 1.807) is 11.8 Å². The van der Waals surface area contributed by atoms with Crippen molar-refractivity contribution in [3.05, 3.63) is 65.2 Å². The second-order valence-electron chi connectivity index (χ2n) is 7.35. The number of nitrogens with one attached hydrogen (secondary N) is 1. The molecule has 0 aliphatic rings. The standard InChI is InChI=1S/C23H32N2O3S2/c1-4-20-10-12-22(13-11-20)25(30(3,27)28)15-6-9-23(26)24-14-16-29-18-21-8-5-7-19(2)17-21/h5,7-8,10-13,17H,4,6,9,14-16,18H2,1-3H3,(H,24,26). The maximum absolute atomic E-state index is 12.2. The Morgan fingerprint density at radius 3 is 2.47 bits per heavy atom. The van der Waals surface area contributed by atoms with Crippen LogP contribution in [0.2, 0.25) is 0 Å². The van der Waals surface area contributed by atoms with Crippen LogP contribution in [0.1, 0.15) is 36.5 Å². The molecule has 0 saturated heterocycles. The third-order valence-electron chi connectivity index (χ3n) is 4.72. The SMILES string of the molecule is CCc1ccc(N(CCCC(=O)NCCSCc2cccc(C)c2)S(C)(=O)=O)cc1. The number of nitrogens with zero attached hydrogens (tertiary/aromatic N) is 1. The van der Waals surface area contributed by atoms with Crippen molar-refractivity contribution in [3.63, 3.8) is 0 Å². The smallest absolute Gasteiger partial charge is 0.232 e. The highest BCUT2D eigenvalue weighted by atomic mass is 32.2. The minimum atomic E-state index is -3.39. The molecule has 5 nitrogen and oxygen atoms in total. The summed E-state index contributed by atoms with van der Waals surface area (Å²) in [6.07, 6.45) is 2.89. The molecule has 2 rings (SSSR count). The number of sulfonamides is 1. The minimum absolute atomic E-state index is 0.0408. The summed E-state index contributed by atoms with van der Waals surface area (Å²) in [5, 5.41) is 2.92. The maximum atomic E-state index is 12.2. The molecular weight excluding hydrogens is 416 g/mol. The quantitative estimate of drug-likeness (QED) is 0.495. The van der Waals surface area contributed by atoms with Crippen molar-refractivity contribution in [2.24, 2.45) is 0 Å². The van der Waals surface area contributed by atoms with Gasteiger partial charge in [0, 0.05) is 31.0 Å². The second-order valence-corrected chi connectivity index (χ2v) is 10.4. The molecule has 0 unspecified atom stereocenters. The third kappa shape index (κ3) is 8.40. The van der Waals surface area contributed by atoms with Crippen molar-refractivity contribution in [1.29, 1.82) is 0 Å². The lowest BCUT2D eigenvalue weighted by atomic mass is 10.1. The van der Waals surface area contributed by atoms with E-state index < -0.39 is 10.0 Å². The number of anilines is 1. The summed E-state index contributed by atoms with van der Waals surface area (Å²) < 4.78 is 25.7. The molecule has 1 amide bonds. The van der Waals surface area contributed by atoms with Gasteiger partial charge in [-0.3, -0.25) is 9.10 Å². The first kappa shape index (κ1) is 24.3. The Kier molecular flexibility index (Phi) is 9.72. The molecule has 7 heteroatoms. The fraction of sp³-hybridized carbons (Fsp3) is 0.435. The monoisotopic (exact) mass is 448 g/mol. The van der Waals surface area contributed by atoms with Crippen molar-refractivity contribution >= 4 is 33.4 Å². The lowest BCUT2D eigenvalue weighted by Gasteiger charge is -2.22. The molecule has 0 heterocycles. The molecule has 0 aliphatic heterocycles. The number of carbonyl (C=O) groups is 1. The fourth-order valence-electron chi connectivity index (χ4n) is 3.11. The highest BCUT2D eigenvalue weighted by Gasteiger charge is 2.17. The first-order chi connectivity index (χ1) is 14.3. The van der Waals surface area contributed by atoms with E-state index in [1.165, 1.54) is 21.7 Å². The van der Waals surface area contributed by atoms with Gasteiger partial charge in [-0.15, -0.1) is 0 Å². The Morgan fingerprint density at radius 1 is 1.10 bits per heavy atom. The van der Waals surface area contributed by atoms with Crippen LogP contribution < -0.4 is 9.62 Å². The van der Waals surface area contributed by atoms with Gasteiger partial charge in [0.1, 0.15) is 0 Å². The van der Waals surface area contributed by atoms with Crippen LogP contribution in [0.25, 0.3) is 0 Å². The van der Waals surface area contributed by atoms with Crippen LogP contribution in [0.4, 0.5) is 5.69 Å². The van der Waals surface area contributed by atoms with Crippen molar-refractivity contribution in [1.82, 2.24) is 5.32 Å². The molecule has 0 atom stereocenters. The minimum Gasteiger partial charge on any atom is -0.355 e. The highest BCUT2D eigenvalue weighted by molar-refractivity contribution is 7.98. The van der Waals surface area contributed by atoms with Gasteiger partial charge < -0.3 is 5.32 Å². The van der Waals surface area contributed by atoms with Crippen LogP contribution in [-0.4, -0.2) is 39.4 Å². The maximum Gasteiger partial charge on any atom is 0.232 e. The molecule has 2 aromatic carbocycles. The summed E-state index contributed by atoms with van der Waals surface area (Å²) in [7, 11) is -3.39. The van der Waals surface area contributed by atoms with Crippen molar-refractivity contribution < 1.29 is 13.2 Å². The van der Waals surface area contributed by atoms with Crippen LogP contribution >= 0.6 is 11.8 Å². The van der Waals surface area contributed by atoms with E-state index in [-0.39, 0.29) is 5.91 Å². The molecule has 1 N–H and O–H groups in total. The van der Waals surface area contributed by atoms with Crippen LogP contribution in [0.15, 0.2) is 48.5 Å². The van der Waals surface area contributed by atoms with Crippen LogP contribution in [0.3, 0.4) is 0 Å². The number of thioether (sulfide) groups is 1. The number of benzene rings is 2. The Balaban J connectivity index is 1.70. The van der Waals surface area contributed by atoms with Gasteiger partial charge >= 0.3 is 0 Å². The topological polar surface area (TPSA) is 66.5 Å². The normalized spacial score (nSPS) is 11.3. The van der Waals surface area contributed by atoms with Gasteiger partial charge in [-0.2, -0.15) is 11.8 Å². The molecule has 164 valence electrons. The molecular formula is C23H32N2O3S2. The van der Waals surface area contributed by atoms with Crippen LogP contribution in [0, 0.1) is 6.92 Å². The number of carbonyl (C=O) groups excluding carboxylic acids is 1.